The normalized spacial score (nSPS) is 19.5. The van der Waals surface area contributed by atoms with E-state index in [1.807, 2.05) is 0 Å². The van der Waals surface area contributed by atoms with Crippen LogP contribution in [0.15, 0.2) is 18.2 Å². The Kier molecular flexibility index (Phi) is 4.81. The van der Waals surface area contributed by atoms with E-state index in [9.17, 15) is 23.6 Å². The first kappa shape index (κ1) is 16.4. The zero-order valence-corrected chi connectivity index (χ0v) is 13.1. The van der Waals surface area contributed by atoms with Crippen molar-refractivity contribution < 1.29 is 18.4 Å². The van der Waals surface area contributed by atoms with Crippen LogP contribution in [-0.2, 0) is 9.84 Å². The quantitative estimate of drug-likeness (QED) is 0.320. The first-order chi connectivity index (χ1) is 10.3. The third-order valence-electron chi connectivity index (χ3n) is 3.32. The second-order valence-electron chi connectivity index (χ2n) is 5.06. The monoisotopic (exact) mass is 345 g/mol. The molecular weight excluding hydrogens is 330 g/mol. The van der Waals surface area contributed by atoms with Gasteiger partial charge >= 0.3 is 0 Å². The van der Waals surface area contributed by atoms with Gasteiger partial charge in [0, 0.05) is 12.6 Å². The van der Waals surface area contributed by atoms with Gasteiger partial charge in [0.25, 0.3) is 5.69 Å². The van der Waals surface area contributed by atoms with E-state index in [0.29, 0.717) is 13.0 Å². The number of nitro benzene ring substituents is 1. The highest BCUT2D eigenvalue weighted by Gasteiger charge is 2.27. The Morgan fingerprint density at radius 1 is 1.50 bits per heavy atom. The van der Waals surface area contributed by atoms with Gasteiger partial charge in [0.05, 0.1) is 28.2 Å². The minimum atomic E-state index is -2.93. The molecule has 1 aliphatic rings. The highest BCUT2D eigenvalue weighted by molar-refractivity contribution is 7.91. The number of sulfone groups is 1. The number of non-ortho nitro benzene ring substituents is 1. The summed E-state index contributed by atoms with van der Waals surface area (Å²) >= 11 is 5.06. The Morgan fingerprint density at radius 2 is 2.23 bits per heavy atom. The Morgan fingerprint density at radius 3 is 2.77 bits per heavy atom. The summed E-state index contributed by atoms with van der Waals surface area (Å²) in [6, 6.07) is 3.62. The van der Waals surface area contributed by atoms with Crippen molar-refractivity contribution in [3.63, 3.8) is 0 Å². The first-order valence-electron chi connectivity index (χ1n) is 6.49. The van der Waals surface area contributed by atoms with Crippen molar-refractivity contribution in [2.24, 2.45) is 5.92 Å². The van der Waals surface area contributed by atoms with Crippen LogP contribution in [0, 0.1) is 16.0 Å². The van der Waals surface area contributed by atoms with Gasteiger partial charge < -0.3 is 15.7 Å². The number of hydrogen-bond acceptors (Lipinski definition) is 6. The lowest BCUT2D eigenvalue weighted by molar-refractivity contribution is -0.384. The molecule has 0 aliphatic carbocycles. The second-order valence-corrected chi connectivity index (χ2v) is 7.70. The van der Waals surface area contributed by atoms with E-state index in [1.54, 1.807) is 0 Å². The van der Waals surface area contributed by atoms with Gasteiger partial charge in [-0.2, -0.15) is 0 Å². The molecule has 0 radical (unpaired) electrons. The summed E-state index contributed by atoms with van der Waals surface area (Å²) in [7, 11) is -2.93. The van der Waals surface area contributed by atoms with Crippen LogP contribution in [0.25, 0.3) is 0 Å². The van der Waals surface area contributed by atoms with Gasteiger partial charge in [0.1, 0.15) is 5.75 Å². The van der Waals surface area contributed by atoms with Crippen LogP contribution in [-0.4, -0.2) is 41.6 Å². The van der Waals surface area contributed by atoms with E-state index >= 15 is 0 Å². The van der Waals surface area contributed by atoms with Crippen molar-refractivity contribution in [3.05, 3.63) is 28.3 Å². The molecule has 0 aromatic heterocycles. The van der Waals surface area contributed by atoms with Crippen molar-refractivity contribution in [1.82, 2.24) is 5.32 Å². The number of rotatable bonds is 4. The molecule has 120 valence electrons. The van der Waals surface area contributed by atoms with E-state index in [0.717, 1.165) is 6.07 Å². The highest BCUT2D eigenvalue weighted by Crippen LogP contribution is 2.27. The number of benzene rings is 1. The van der Waals surface area contributed by atoms with Crippen LogP contribution < -0.4 is 10.6 Å². The summed E-state index contributed by atoms with van der Waals surface area (Å²) in [6.07, 6.45) is 0.598. The Bertz CT molecular complexity index is 705. The molecule has 1 aliphatic heterocycles. The number of nitrogens with one attached hydrogen (secondary N) is 2. The Balaban J connectivity index is 1.88. The average molecular weight is 345 g/mol. The van der Waals surface area contributed by atoms with Crippen LogP contribution in [0.5, 0.6) is 5.75 Å². The number of phenols is 1. The van der Waals surface area contributed by atoms with Crippen molar-refractivity contribution in [2.75, 3.05) is 23.4 Å². The van der Waals surface area contributed by atoms with Crippen LogP contribution >= 0.6 is 12.2 Å². The molecule has 3 N–H and O–H groups in total. The van der Waals surface area contributed by atoms with Gasteiger partial charge in [-0.25, -0.2) is 8.42 Å². The predicted molar refractivity (Wildman–Crippen MR) is 85.7 cm³/mol. The molecule has 1 fully saturated rings. The van der Waals surface area contributed by atoms with Crippen molar-refractivity contribution in [2.45, 2.75) is 6.42 Å². The average Bonchev–Trinajstić information content (AvgIpc) is 2.78. The fraction of sp³-hybridized carbons (Fsp3) is 0.417. The molecular formula is C12H15N3O5S2. The largest absolute Gasteiger partial charge is 0.506 e. The third-order valence-corrected chi connectivity index (χ3v) is 5.40. The number of aromatic hydroxyl groups is 1. The standard InChI is InChI=1S/C12H15N3O5S2/c16-11-5-9(15(17)18)1-2-10(11)14-12(21)13-6-8-3-4-22(19,20)7-8/h1-2,5,8,16H,3-4,6-7H2,(H2,13,14,21). The molecule has 2 rings (SSSR count). The van der Waals surface area contributed by atoms with Gasteiger partial charge in [0.2, 0.25) is 0 Å². The predicted octanol–water partition coefficient (Wildman–Crippen LogP) is 1.02. The number of nitro groups is 1. The second kappa shape index (κ2) is 6.44. The van der Waals surface area contributed by atoms with E-state index < -0.39 is 14.8 Å². The van der Waals surface area contributed by atoms with Gasteiger partial charge in [-0.05, 0) is 30.6 Å². The minimum absolute atomic E-state index is 0.00945. The molecule has 0 bridgehead atoms. The Hall–Kier alpha value is -1.94. The van der Waals surface area contributed by atoms with Gasteiger partial charge in [-0.1, -0.05) is 0 Å². The first-order valence-corrected chi connectivity index (χ1v) is 8.72. The molecule has 1 aromatic rings. The summed E-state index contributed by atoms with van der Waals surface area (Å²) < 4.78 is 22.7. The molecule has 1 aromatic carbocycles. The van der Waals surface area contributed by atoms with Gasteiger partial charge in [-0.15, -0.1) is 0 Å². The molecule has 1 unspecified atom stereocenters. The summed E-state index contributed by atoms with van der Waals surface area (Å²) in [6.45, 7) is 0.415. The summed E-state index contributed by atoms with van der Waals surface area (Å²) in [4.78, 5) is 9.96. The minimum Gasteiger partial charge on any atom is -0.506 e. The third kappa shape index (κ3) is 4.28. The van der Waals surface area contributed by atoms with Gasteiger partial charge in [-0.3, -0.25) is 10.1 Å². The van der Waals surface area contributed by atoms with Crippen LogP contribution in [0.3, 0.4) is 0 Å². The van der Waals surface area contributed by atoms with Crippen LogP contribution in [0.2, 0.25) is 0 Å². The molecule has 1 atom stereocenters. The lowest BCUT2D eigenvalue weighted by Gasteiger charge is -2.14. The number of nitrogens with zero attached hydrogens (tertiary/aromatic N) is 1. The number of phenolic OH excluding ortho intramolecular Hbond substituents is 1. The molecule has 10 heteroatoms. The fourth-order valence-corrected chi connectivity index (χ4v) is 4.23. The number of anilines is 1. The summed E-state index contributed by atoms with van der Waals surface area (Å²) in [5, 5.41) is 26.1. The maximum Gasteiger partial charge on any atom is 0.273 e. The fourth-order valence-electron chi connectivity index (χ4n) is 2.18. The van der Waals surface area contributed by atoms with Crippen molar-refractivity contribution >= 4 is 38.5 Å². The molecule has 22 heavy (non-hydrogen) atoms. The molecule has 0 saturated carbocycles. The lowest BCUT2D eigenvalue weighted by atomic mass is 10.1. The number of thiocarbonyl (C=S) groups is 1. The summed E-state index contributed by atoms with van der Waals surface area (Å²) in [5.74, 6) is 0.0608. The van der Waals surface area contributed by atoms with E-state index in [1.165, 1.54) is 12.1 Å². The molecule has 0 spiro atoms. The highest BCUT2D eigenvalue weighted by atomic mass is 32.2. The van der Waals surface area contributed by atoms with Crippen molar-refractivity contribution in [3.8, 4) is 5.75 Å². The lowest BCUT2D eigenvalue weighted by Crippen LogP contribution is -2.33. The van der Waals surface area contributed by atoms with E-state index in [2.05, 4.69) is 10.6 Å². The molecule has 8 nitrogen and oxygen atoms in total. The van der Waals surface area contributed by atoms with Crippen molar-refractivity contribution in [1.29, 1.82) is 0 Å². The van der Waals surface area contributed by atoms with Crippen LogP contribution in [0.4, 0.5) is 11.4 Å². The topological polar surface area (TPSA) is 122 Å². The molecule has 0 amide bonds. The zero-order valence-electron chi connectivity index (χ0n) is 11.5. The number of hydrogen-bond donors (Lipinski definition) is 3. The van der Waals surface area contributed by atoms with Gasteiger partial charge in [0.15, 0.2) is 14.9 Å². The van der Waals surface area contributed by atoms with E-state index in [4.69, 9.17) is 12.2 Å². The Labute approximate surface area is 132 Å². The van der Waals surface area contributed by atoms with E-state index in [-0.39, 0.29) is 39.7 Å². The summed E-state index contributed by atoms with van der Waals surface area (Å²) in [5.41, 5.74) is 0.0141. The van der Waals surface area contributed by atoms with Crippen LogP contribution in [0.1, 0.15) is 6.42 Å². The maximum absolute atomic E-state index is 11.3. The maximum atomic E-state index is 11.3. The zero-order chi connectivity index (χ0) is 16.3. The molecule has 1 saturated heterocycles. The molecule has 1 heterocycles. The SMILES string of the molecule is O=[N+]([O-])c1ccc(NC(=S)NCC2CCS(=O)(=O)C2)c(O)c1. The smallest absolute Gasteiger partial charge is 0.273 e.